The van der Waals surface area contributed by atoms with Crippen LogP contribution in [0.15, 0.2) is 77.7 Å². The molecule has 0 bridgehead atoms. The maximum absolute atomic E-state index is 13.6. The number of nitrogens with one attached hydrogen (secondary N) is 1. The van der Waals surface area contributed by atoms with Gasteiger partial charge in [0, 0.05) is 12.0 Å². The van der Waals surface area contributed by atoms with Gasteiger partial charge in [-0.1, -0.05) is 48.0 Å². The Kier molecular flexibility index (Phi) is 6.76. The molecule has 1 amide bonds. The van der Waals surface area contributed by atoms with Crippen LogP contribution in [0, 0.1) is 6.92 Å². The predicted molar refractivity (Wildman–Crippen MR) is 135 cm³/mol. The summed E-state index contributed by atoms with van der Waals surface area (Å²) in [4.78, 5) is 13.5. The predicted octanol–water partition coefficient (Wildman–Crippen LogP) is 4.62. The SMILES string of the molecule is COc1ccccc1N(CC(=O)NC1CC(C)(C)Oc2ccc(C)cc21)S(=O)(=O)c1ccccc1. The summed E-state index contributed by atoms with van der Waals surface area (Å²) in [5.74, 6) is 0.647. The Morgan fingerprint density at radius 2 is 1.77 bits per heavy atom. The summed E-state index contributed by atoms with van der Waals surface area (Å²) in [5, 5.41) is 3.05. The van der Waals surface area contributed by atoms with Crippen molar-refractivity contribution < 1.29 is 22.7 Å². The Labute approximate surface area is 206 Å². The Hall–Kier alpha value is -3.52. The van der Waals surface area contributed by atoms with E-state index in [1.807, 2.05) is 39.0 Å². The molecule has 0 saturated carbocycles. The van der Waals surface area contributed by atoms with Crippen LogP contribution in [0.4, 0.5) is 5.69 Å². The second kappa shape index (κ2) is 9.62. The van der Waals surface area contributed by atoms with Crippen LogP contribution in [0.5, 0.6) is 11.5 Å². The van der Waals surface area contributed by atoms with Crippen LogP contribution < -0.4 is 19.1 Å². The zero-order valence-electron chi connectivity index (χ0n) is 20.3. The number of ether oxygens (including phenoxy) is 2. The van der Waals surface area contributed by atoms with Crippen molar-refractivity contribution in [3.05, 3.63) is 83.9 Å². The third-order valence-corrected chi connectivity index (χ3v) is 7.70. The summed E-state index contributed by atoms with van der Waals surface area (Å²) in [6.07, 6.45) is 0.551. The van der Waals surface area contributed by atoms with Gasteiger partial charge >= 0.3 is 0 Å². The number of rotatable bonds is 7. The Bertz CT molecular complexity index is 1320. The third kappa shape index (κ3) is 5.27. The van der Waals surface area contributed by atoms with Gasteiger partial charge in [0.2, 0.25) is 5.91 Å². The van der Waals surface area contributed by atoms with Gasteiger partial charge in [0.15, 0.2) is 0 Å². The number of anilines is 1. The topological polar surface area (TPSA) is 84.9 Å². The van der Waals surface area contributed by atoms with Crippen LogP contribution in [0.3, 0.4) is 0 Å². The summed E-state index contributed by atoms with van der Waals surface area (Å²) >= 11 is 0. The minimum absolute atomic E-state index is 0.0897. The van der Waals surface area contributed by atoms with E-state index in [-0.39, 0.29) is 16.6 Å². The number of aryl methyl sites for hydroxylation is 1. The smallest absolute Gasteiger partial charge is 0.264 e. The van der Waals surface area contributed by atoms with Crippen molar-refractivity contribution in [1.29, 1.82) is 0 Å². The van der Waals surface area contributed by atoms with Crippen molar-refractivity contribution >= 4 is 21.6 Å². The molecule has 1 aliphatic heterocycles. The number of amides is 1. The molecule has 0 radical (unpaired) electrons. The van der Waals surface area contributed by atoms with E-state index in [2.05, 4.69) is 5.32 Å². The van der Waals surface area contributed by atoms with E-state index >= 15 is 0 Å². The lowest BCUT2D eigenvalue weighted by Crippen LogP contribution is -2.45. The highest BCUT2D eigenvalue weighted by molar-refractivity contribution is 7.92. The molecule has 35 heavy (non-hydrogen) atoms. The fourth-order valence-corrected chi connectivity index (χ4v) is 5.78. The number of fused-ring (bicyclic) bond motifs is 1. The van der Waals surface area contributed by atoms with Crippen molar-refractivity contribution in [1.82, 2.24) is 5.32 Å². The van der Waals surface area contributed by atoms with Crippen LogP contribution in [0.1, 0.15) is 37.4 Å². The van der Waals surface area contributed by atoms with Gasteiger partial charge in [-0.3, -0.25) is 9.10 Å². The number of hydrogen-bond acceptors (Lipinski definition) is 5. The van der Waals surface area contributed by atoms with Crippen molar-refractivity contribution in [3.63, 3.8) is 0 Å². The van der Waals surface area contributed by atoms with Crippen LogP contribution in [0.25, 0.3) is 0 Å². The molecule has 1 N–H and O–H groups in total. The van der Waals surface area contributed by atoms with Crippen LogP contribution in [-0.2, 0) is 14.8 Å². The van der Waals surface area contributed by atoms with Crippen molar-refractivity contribution in [2.75, 3.05) is 18.0 Å². The van der Waals surface area contributed by atoms with Gasteiger partial charge < -0.3 is 14.8 Å². The first-order valence-corrected chi connectivity index (χ1v) is 12.8. The first kappa shape index (κ1) is 24.6. The lowest BCUT2D eigenvalue weighted by atomic mass is 9.89. The molecule has 0 aromatic heterocycles. The van der Waals surface area contributed by atoms with E-state index < -0.39 is 28.1 Å². The van der Waals surface area contributed by atoms with Crippen LogP contribution in [0.2, 0.25) is 0 Å². The quantitative estimate of drug-likeness (QED) is 0.518. The zero-order chi connectivity index (χ0) is 25.2. The fourth-order valence-electron chi connectivity index (χ4n) is 4.33. The van der Waals surface area contributed by atoms with Gasteiger partial charge in [-0.05, 0) is 51.1 Å². The average Bonchev–Trinajstić information content (AvgIpc) is 2.83. The number of carbonyl (C=O) groups excluding carboxylic acids is 1. The second-order valence-electron chi connectivity index (χ2n) is 9.22. The van der Waals surface area contributed by atoms with Crippen molar-refractivity contribution in [2.45, 2.75) is 43.7 Å². The van der Waals surface area contributed by atoms with Gasteiger partial charge in [-0.2, -0.15) is 0 Å². The molecule has 3 aromatic carbocycles. The van der Waals surface area contributed by atoms with E-state index in [1.54, 1.807) is 42.5 Å². The molecule has 1 unspecified atom stereocenters. The van der Waals surface area contributed by atoms with Gasteiger partial charge in [-0.25, -0.2) is 8.42 Å². The molecule has 1 aliphatic rings. The van der Waals surface area contributed by atoms with Gasteiger partial charge in [-0.15, -0.1) is 0 Å². The number of hydrogen-bond donors (Lipinski definition) is 1. The minimum Gasteiger partial charge on any atom is -0.495 e. The highest BCUT2D eigenvalue weighted by Crippen LogP contribution is 2.40. The summed E-state index contributed by atoms with van der Waals surface area (Å²) in [5.41, 5.74) is 1.73. The van der Waals surface area contributed by atoms with Gasteiger partial charge in [0.05, 0.1) is 23.7 Å². The largest absolute Gasteiger partial charge is 0.495 e. The lowest BCUT2D eigenvalue weighted by molar-refractivity contribution is -0.120. The molecular weight excluding hydrogens is 464 g/mol. The monoisotopic (exact) mass is 494 g/mol. The number of benzene rings is 3. The number of carbonyl (C=O) groups is 1. The summed E-state index contributed by atoms with van der Waals surface area (Å²) in [6, 6.07) is 20.4. The average molecular weight is 495 g/mol. The molecule has 7 nitrogen and oxygen atoms in total. The highest BCUT2D eigenvalue weighted by atomic mass is 32.2. The van der Waals surface area contributed by atoms with E-state index in [0.717, 1.165) is 21.2 Å². The Morgan fingerprint density at radius 3 is 2.49 bits per heavy atom. The Morgan fingerprint density at radius 1 is 1.09 bits per heavy atom. The molecule has 0 aliphatic carbocycles. The number of sulfonamides is 1. The first-order chi connectivity index (χ1) is 16.6. The van der Waals surface area contributed by atoms with Crippen LogP contribution >= 0.6 is 0 Å². The molecule has 0 spiro atoms. The highest BCUT2D eigenvalue weighted by Gasteiger charge is 2.36. The lowest BCUT2D eigenvalue weighted by Gasteiger charge is -2.38. The van der Waals surface area contributed by atoms with E-state index in [0.29, 0.717) is 12.2 Å². The standard InChI is InChI=1S/C27H30N2O5S/c1-19-14-15-24-21(16-19)22(17-27(2,3)34-24)28-26(30)18-29(23-12-8-9-13-25(23)33-4)35(31,32)20-10-6-5-7-11-20/h5-16,22H,17-18H2,1-4H3,(H,28,30). The van der Waals surface area contributed by atoms with E-state index in [9.17, 15) is 13.2 Å². The molecular formula is C27H30N2O5S. The third-order valence-electron chi connectivity index (χ3n) is 5.93. The maximum atomic E-state index is 13.6. The summed E-state index contributed by atoms with van der Waals surface area (Å²) < 4.78 is 39.9. The second-order valence-corrected chi connectivity index (χ2v) is 11.1. The number of para-hydroxylation sites is 2. The normalized spacial score (nSPS) is 16.5. The maximum Gasteiger partial charge on any atom is 0.264 e. The summed E-state index contributed by atoms with van der Waals surface area (Å²) in [6.45, 7) is 5.51. The molecule has 4 rings (SSSR count). The molecule has 0 saturated heterocycles. The first-order valence-electron chi connectivity index (χ1n) is 11.4. The van der Waals surface area contributed by atoms with E-state index in [4.69, 9.17) is 9.47 Å². The molecule has 1 heterocycles. The molecule has 1 atom stereocenters. The molecule has 3 aromatic rings. The van der Waals surface area contributed by atoms with Crippen molar-refractivity contribution in [3.8, 4) is 11.5 Å². The Balaban J connectivity index is 1.68. The van der Waals surface area contributed by atoms with Crippen LogP contribution in [-0.4, -0.2) is 33.6 Å². The molecule has 184 valence electrons. The number of nitrogens with zero attached hydrogens (tertiary/aromatic N) is 1. The van der Waals surface area contributed by atoms with E-state index in [1.165, 1.54) is 19.2 Å². The molecule has 8 heteroatoms. The fraction of sp³-hybridized carbons (Fsp3) is 0.296. The van der Waals surface area contributed by atoms with Crippen molar-refractivity contribution in [2.24, 2.45) is 0 Å². The van der Waals surface area contributed by atoms with Gasteiger partial charge in [0.25, 0.3) is 10.0 Å². The summed E-state index contributed by atoms with van der Waals surface area (Å²) in [7, 11) is -2.58. The number of methoxy groups -OCH3 is 1. The van der Waals surface area contributed by atoms with Gasteiger partial charge in [0.1, 0.15) is 23.6 Å². The molecule has 0 fully saturated rings. The zero-order valence-corrected chi connectivity index (χ0v) is 21.1. The minimum atomic E-state index is -4.04.